The highest BCUT2D eigenvalue weighted by Crippen LogP contribution is 2.31. The Morgan fingerprint density at radius 3 is 0.976 bits per heavy atom. The van der Waals surface area contributed by atoms with Gasteiger partial charge in [-0.1, -0.05) is 0 Å². The molecule has 1 aromatic heterocycles. The summed E-state index contributed by atoms with van der Waals surface area (Å²) < 4.78 is 17.8. The van der Waals surface area contributed by atoms with E-state index in [-0.39, 0.29) is 51.4 Å². The molecule has 15 nitrogen and oxygen atoms in total. The summed E-state index contributed by atoms with van der Waals surface area (Å²) in [6.45, 7) is 0. The fourth-order valence-electron chi connectivity index (χ4n) is 4.05. The second kappa shape index (κ2) is 12.2. The average Bonchev–Trinajstić information content (AvgIpc) is 2.99. The molecule has 0 aliphatic carbocycles. The highest BCUT2D eigenvalue weighted by Gasteiger charge is 2.22. The van der Waals surface area contributed by atoms with Crippen molar-refractivity contribution in [3.05, 3.63) is 86.1 Å². The SMILES string of the molecule is COc1cc(-n2c(=O)n(-c3ccc(N=C=O)c(OC)c3)c(=O)n(-c3ccc(N=C=O)c(OC)c3)c2=O)ccc1N=C=O. The molecule has 0 amide bonds. The molecule has 0 spiro atoms. The molecule has 0 unspecified atom stereocenters. The van der Waals surface area contributed by atoms with Gasteiger partial charge in [0.05, 0.1) is 38.4 Å². The molecular weight excluding hydrogens is 552 g/mol. The first kappa shape index (κ1) is 28.6. The number of hydrogen-bond acceptors (Lipinski definition) is 12. The van der Waals surface area contributed by atoms with Crippen LogP contribution in [-0.4, -0.2) is 53.3 Å². The fraction of sp³-hybridized carbons (Fsp3) is 0.111. The van der Waals surface area contributed by atoms with Crippen molar-refractivity contribution in [1.29, 1.82) is 0 Å². The summed E-state index contributed by atoms with van der Waals surface area (Å²) in [6.07, 6.45) is 4.16. The summed E-state index contributed by atoms with van der Waals surface area (Å²) in [5.41, 5.74) is -3.17. The van der Waals surface area contributed by atoms with Crippen LogP contribution in [0.5, 0.6) is 17.2 Å². The molecule has 0 atom stereocenters. The Morgan fingerprint density at radius 2 is 0.762 bits per heavy atom. The van der Waals surface area contributed by atoms with E-state index in [2.05, 4.69) is 15.0 Å². The smallest absolute Gasteiger partial charge is 0.345 e. The van der Waals surface area contributed by atoms with Crippen molar-refractivity contribution in [3.63, 3.8) is 0 Å². The molecule has 3 aromatic carbocycles. The van der Waals surface area contributed by atoms with Crippen molar-refractivity contribution in [2.75, 3.05) is 21.3 Å². The molecule has 42 heavy (non-hydrogen) atoms. The van der Waals surface area contributed by atoms with Crippen molar-refractivity contribution in [1.82, 2.24) is 13.7 Å². The molecule has 1 heterocycles. The highest BCUT2D eigenvalue weighted by molar-refractivity contribution is 5.63. The van der Waals surface area contributed by atoms with Crippen molar-refractivity contribution >= 4 is 35.3 Å². The third kappa shape index (κ3) is 5.11. The lowest BCUT2D eigenvalue weighted by Gasteiger charge is -2.16. The van der Waals surface area contributed by atoms with E-state index in [1.165, 1.54) is 94.2 Å². The van der Waals surface area contributed by atoms with Crippen LogP contribution in [0, 0.1) is 0 Å². The van der Waals surface area contributed by atoms with Gasteiger partial charge in [-0.05, 0) is 36.4 Å². The zero-order valence-corrected chi connectivity index (χ0v) is 22.1. The van der Waals surface area contributed by atoms with E-state index in [0.29, 0.717) is 13.7 Å². The Morgan fingerprint density at radius 1 is 0.500 bits per heavy atom. The van der Waals surface area contributed by atoms with Gasteiger partial charge in [0.2, 0.25) is 18.2 Å². The van der Waals surface area contributed by atoms with E-state index >= 15 is 0 Å². The van der Waals surface area contributed by atoms with E-state index in [1.54, 1.807) is 0 Å². The van der Waals surface area contributed by atoms with Gasteiger partial charge >= 0.3 is 17.1 Å². The second-order valence-corrected chi connectivity index (χ2v) is 8.03. The first-order chi connectivity index (χ1) is 20.3. The normalized spacial score (nSPS) is 10.1. The van der Waals surface area contributed by atoms with Crippen molar-refractivity contribution in [3.8, 4) is 34.3 Å². The van der Waals surface area contributed by atoms with Crippen LogP contribution in [0.15, 0.2) is 84.0 Å². The van der Waals surface area contributed by atoms with Gasteiger partial charge in [0.15, 0.2) is 0 Å². The lowest BCUT2D eigenvalue weighted by atomic mass is 10.2. The molecule has 4 aromatic rings. The molecule has 4 rings (SSSR count). The summed E-state index contributed by atoms with van der Waals surface area (Å²) in [4.78, 5) is 84.6. The Balaban J connectivity index is 2.16. The topological polar surface area (TPSA) is 182 Å². The minimum Gasteiger partial charge on any atom is -0.494 e. The number of isocyanates is 3. The maximum atomic E-state index is 13.9. The molecule has 210 valence electrons. The first-order valence-corrected chi connectivity index (χ1v) is 11.6. The van der Waals surface area contributed by atoms with Crippen LogP contribution in [-0.2, 0) is 14.4 Å². The van der Waals surface area contributed by atoms with Gasteiger partial charge in [-0.3, -0.25) is 0 Å². The van der Waals surface area contributed by atoms with E-state index < -0.39 is 17.1 Å². The Labute approximate surface area is 234 Å². The fourth-order valence-corrected chi connectivity index (χ4v) is 4.05. The molecule has 0 saturated carbocycles. The van der Waals surface area contributed by atoms with E-state index in [4.69, 9.17) is 14.2 Å². The van der Waals surface area contributed by atoms with Gasteiger partial charge in [0.1, 0.15) is 34.3 Å². The summed E-state index contributed by atoms with van der Waals surface area (Å²) in [6, 6.07) is 11.7. The van der Waals surface area contributed by atoms with Gasteiger partial charge in [-0.2, -0.15) is 15.0 Å². The molecule has 0 aliphatic heterocycles. The van der Waals surface area contributed by atoms with Gasteiger partial charge in [-0.25, -0.2) is 42.5 Å². The molecule has 0 saturated heterocycles. The minimum atomic E-state index is -1.09. The molecule has 0 radical (unpaired) electrons. The first-order valence-electron chi connectivity index (χ1n) is 11.6. The number of nitrogens with zero attached hydrogens (tertiary/aromatic N) is 6. The quantitative estimate of drug-likeness (QED) is 0.215. The van der Waals surface area contributed by atoms with E-state index in [9.17, 15) is 28.8 Å². The number of aromatic nitrogens is 3. The van der Waals surface area contributed by atoms with E-state index in [0.717, 1.165) is 0 Å². The average molecular weight is 570 g/mol. The predicted molar refractivity (Wildman–Crippen MR) is 146 cm³/mol. The van der Waals surface area contributed by atoms with Crippen LogP contribution in [0.25, 0.3) is 17.1 Å². The predicted octanol–water partition coefficient (Wildman–Crippen LogP) is 2.07. The third-order valence-corrected chi connectivity index (χ3v) is 5.91. The van der Waals surface area contributed by atoms with Crippen LogP contribution >= 0.6 is 0 Å². The van der Waals surface area contributed by atoms with Gasteiger partial charge in [0, 0.05) is 18.2 Å². The molecule has 0 fully saturated rings. The number of aliphatic imine (C=N–C) groups is 3. The Hall–Kier alpha value is -6.39. The number of benzene rings is 3. The van der Waals surface area contributed by atoms with Crippen molar-refractivity contribution in [2.24, 2.45) is 15.0 Å². The second-order valence-electron chi connectivity index (χ2n) is 8.03. The number of hydrogen-bond donors (Lipinski definition) is 0. The largest absolute Gasteiger partial charge is 0.494 e. The van der Waals surface area contributed by atoms with Crippen LogP contribution < -0.4 is 31.3 Å². The monoisotopic (exact) mass is 570 g/mol. The Bertz CT molecular complexity index is 1780. The lowest BCUT2D eigenvalue weighted by Crippen LogP contribution is -2.52. The summed E-state index contributed by atoms with van der Waals surface area (Å²) in [5.74, 6) is 0.0887. The van der Waals surface area contributed by atoms with Gasteiger partial charge in [0.25, 0.3) is 0 Å². The van der Waals surface area contributed by atoms with Crippen molar-refractivity contribution < 1.29 is 28.6 Å². The lowest BCUT2D eigenvalue weighted by molar-refractivity contribution is 0.415. The zero-order chi connectivity index (χ0) is 30.4. The minimum absolute atomic E-state index is 0.0296. The van der Waals surface area contributed by atoms with Gasteiger partial charge in [-0.15, -0.1) is 0 Å². The summed E-state index contributed by atoms with van der Waals surface area (Å²) in [7, 11) is 3.86. The number of rotatable bonds is 9. The molecule has 0 N–H and O–H groups in total. The molecule has 0 bridgehead atoms. The maximum absolute atomic E-state index is 13.9. The number of ether oxygens (including phenoxy) is 3. The molecular formula is C27H18N6O9. The van der Waals surface area contributed by atoms with E-state index in [1.807, 2.05) is 0 Å². The van der Waals surface area contributed by atoms with Crippen LogP contribution in [0.3, 0.4) is 0 Å². The highest BCUT2D eigenvalue weighted by atomic mass is 16.5. The number of methoxy groups -OCH3 is 3. The molecule has 0 aliphatic rings. The number of carbonyl (C=O) groups excluding carboxylic acids is 3. The van der Waals surface area contributed by atoms with Gasteiger partial charge < -0.3 is 14.2 Å². The van der Waals surface area contributed by atoms with Crippen LogP contribution in [0.2, 0.25) is 0 Å². The summed E-state index contributed by atoms with van der Waals surface area (Å²) in [5, 5.41) is 0. The maximum Gasteiger partial charge on any atom is 0.345 e. The molecule has 15 heteroatoms. The van der Waals surface area contributed by atoms with Crippen molar-refractivity contribution in [2.45, 2.75) is 0 Å². The zero-order valence-electron chi connectivity index (χ0n) is 22.1. The standard InChI is InChI=1S/C27H18N6O9/c1-40-22-10-16(4-7-19(22)28-13-34)31-25(37)32(17-5-8-20(29-14-35)23(11-17)41-2)27(39)33(26(31)38)18-6-9-21(30-15-36)24(12-18)42-3/h4-12H,1-3H3. The third-order valence-electron chi connectivity index (χ3n) is 5.91. The van der Waals surface area contributed by atoms with Crippen LogP contribution in [0.4, 0.5) is 17.1 Å². The Kier molecular flexibility index (Phi) is 8.31. The van der Waals surface area contributed by atoms with Crippen LogP contribution in [0.1, 0.15) is 0 Å². The summed E-state index contributed by atoms with van der Waals surface area (Å²) >= 11 is 0.